The molecule has 7 nitrogen and oxygen atoms in total. The van der Waals surface area contributed by atoms with Gasteiger partial charge in [0.25, 0.3) is 15.9 Å². The maximum absolute atomic E-state index is 12.8. The van der Waals surface area contributed by atoms with Gasteiger partial charge < -0.3 is 10.1 Å². The van der Waals surface area contributed by atoms with E-state index in [2.05, 4.69) is 10.0 Å². The second-order valence-corrected chi connectivity index (χ2v) is 8.83. The number of hydrogen-bond donors (Lipinski definition) is 2. The van der Waals surface area contributed by atoms with E-state index in [0.29, 0.717) is 16.8 Å². The van der Waals surface area contributed by atoms with E-state index in [1.165, 1.54) is 18.2 Å². The van der Waals surface area contributed by atoms with E-state index in [-0.39, 0.29) is 22.8 Å². The number of carbonyl (C=O) groups is 2. The van der Waals surface area contributed by atoms with Gasteiger partial charge in [0.2, 0.25) is 0 Å². The second-order valence-electron chi connectivity index (χ2n) is 7.15. The Morgan fingerprint density at radius 3 is 2.31 bits per heavy atom. The molecule has 0 radical (unpaired) electrons. The molecule has 8 heteroatoms. The number of carbonyl (C=O) groups excluding carboxylic acids is 2. The van der Waals surface area contributed by atoms with Gasteiger partial charge in [-0.2, -0.15) is 0 Å². The fraction of sp³-hybridized carbons (Fsp3) is 0.167. The SMILES string of the molecule is CCOC(=O)c1cccc(NC(=O)c2cccc(NS(=O)(=O)c3ccc(C)cc3)c2)c1C. The average molecular weight is 453 g/mol. The van der Waals surface area contributed by atoms with Crippen molar-refractivity contribution in [1.29, 1.82) is 0 Å². The molecule has 0 spiro atoms. The molecule has 166 valence electrons. The number of ether oxygens (including phenoxy) is 1. The predicted molar refractivity (Wildman–Crippen MR) is 124 cm³/mol. The van der Waals surface area contributed by atoms with Gasteiger partial charge in [0.15, 0.2) is 0 Å². The third-order valence-electron chi connectivity index (χ3n) is 4.79. The molecule has 0 saturated carbocycles. The highest BCUT2D eigenvalue weighted by Crippen LogP contribution is 2.22. The molecule has 0 aliphatic heterocycles. The number of aryl methyl sites for hydroxylation is 1. The summed E-state index contributed by atoms with van der Waals surface area (Å²) >= 11 is 0. The summed E-state index contributed by atoms with van der Waals surface area (Å²) in [6.07, 6.45) is 0. The van der Waals surface area contributed by atoms with Gasteiger partial charge in [-0.3, -0.25) is 9.52 Å². The number of anilines is 2. The monoisotopic (exact) mass is 452 g/mol. The summed E-state index contributed by atoms with van der Waals surface area (Å²) in [6, 6.07) is 17.6. The van der Waals surface area contributed by atoms with Crippen LogP contribution in [0, 0.1) is 13.8 Å². The zero-order valence-electron chi connectivity index (χ0n) is 18.0. The number of benzene rings is 3. The van der Waals surface area contributed by atoms with Crippen LogP contribution in [0.15, 0.2) is 71.6 Å². The maximum atomic E-state index is 12.8. The van der Waals surface area contributed by atoms with E-state index in [1.807, 2.05) is 6.92 Å². The Balaban J connectivity index is 1.80. The Morgan fingerprint density at radius 1 is 0.938 bits per heavy atom. The molecule has 0 aromatic heterocycles. The highest BCUT2D eigenvalue weighted by Gasteiger charge is 2.17. The quantitative estimate of drug-likeness (QED) is 0.513. The third-order valence-corrected chi connectivity index (χ3v) is 6.18. The number of hydrogen-bond acceptors (Lipinski definition) is 5. The number of esters is 1. The van der Waals surface area contributed by atoms with Gasteiger partial charge >= 0.3 is 5.97 Å². The molecule has 1 amide bonds. The van der Waals surface area contributed by atoms with E-state index >= 15 is 0 Å². The Morgan fingerprint density at radius 2 is 1.62 bits per heavy atom. The van der Waals surface area contributed by atoms with Crippen molar-refractivity contribution in [3.8, 4) is 0 Å². The molecule has 0 aliphatic carbocycles. The molecule has 0 unspecified atom stereocenters. The highest BCUT2D eigenvalue weighted by atomic mass is 32.2. The minimum Gasteiger partial charge on any atom is -0.462 e. The molecular formula is C24H24N2O5S. The number of rotatable bonds is 7. The van der Waals surface area contributed by atoms with Crippen LogP contribution in [0.25, 0.3) is 0 Å². The predicted octanol–water partition coefficient (Wildman–Crippen LogP) is 4.53. The summed E-state index contributed by atoms with van der Waals surface area (Å²) in [5.74, 6) is -0.904. The summed E-state index contributed by atoms with van der Waals surface area (Å²) in [6.45, 7) is 5.56. The standard InChI is InChI=1S/C24H24N2O5S/c1-4-31-24(28)21-9-6-10-22(17(21)3)25-23(27)18-7-5-8-19(15-18)26-32(29,30)20-13-11-16(2)12-14-20/h5-15,26H,4H2,1-3H3,(H,25,27). The third kappa shape index (κ3) is 5.33. The van der Waals surface area contributed by atoms with Gasteiger partial charge in [0, 0.05) is 16.9 Å². The molecule has 0 saturated heterocycles. The van der Waals surface area contributed by atoms with Crippen LogP contribution in [0.4, 0.5) is 11.4 Å². The maximum Gasteiger partial charge on any atom is 0.338 e. The first-order chi connectivity index (χ1) is 15.2. The average Bonchev–Trinajstić information content (AvgIpc) is 2.75. The number of sulfonamides is 1. The van der Waals surface area contributed by atoms with Crippen LogP contribution in [0.3, 0.4) is 0 Å². The van der Waals surface area contributed by atoms with Crippen molar-refractivity contribution in [2.45, 2.75) is 25.7 Å². The summed E-state index contributed by atoms with van der Waals surface area (Å²) in [4.78, 5) is 25.0. The van der Waals surface area contributed by atoms with Crippen LogP contribution in [0.1, 0.15) is 38.8 Å². The molecule has 3 rings (SSSR count). The van der Waals surface area contributed by atoms with Crippen LogP contribution in [-0.4, -0.2) is 26.9 Å². The lowest BCUT2D eigenvalue weighted by Gasteiger charge is -2.13. The minimum absolute atomic E-state index is 0.129. The summed E-state index contributed by atoms with van der Waals surface area (Å²) in [5.41, 5.74) is 2.88. The Bertz CT molecular complexity index is 1250. The molecule has 3 aromatic rings. The van der Waals surface area contributed by atoms with Crippen molar-refractivity contribution < 1.29 is 22.7 Å². The van der Waals surface area contributed by atoms with Crippen molar-refractivity contribution in [2.75, 3.05) is 16.6 Å². The lowest BCUT2D eigenvalue weighted by atomic mass is 10.1. The van der Waals surface area contributed by atoms with Crippen molar-refractivity contribution in [1.82, 2.24) is 0 Å². The highest BCUT2D eigenvalue weighted by molar-refractivity contribution is 7.92. The summed E-state index contributed by atoms with van der Waals surface area (Å²) in [5, 5.41) is 2.77. The second kappa shape index (κ2) is 9.65. The molecule has 0 fully saturated rings. The van der Waals surface area contributed by atoms with Gasteiger partial charge in [0.05, 0.1) is 17.1 Å². The summed E-state index contributed by atoms with van der Waals surface area (Å²) in [7, 11) is -3.79. The zero-order valence-corrected chi connectivity index (χ0v) is 18.8. The first-order valence-electron chi connectivity index (χ1n) is 9.99. The number of nitrogens with one attached hydrogen (secondary N) is 2. The van der Waals surface area contributed by atoms with Crippen LogP contribution >= 0.6 is 0 Å². The van der Waals surface area contributed by atoms with Crippen LogP contribution in [0.2, 0.25) is 0 Å². The first kappa shape index (κ1) is 23.0. The molecule has 0 atom stereocenters. The van der Waals surface area contributed by atoms with Gasteiger partial charge in [-0.25, -0.2) is 13.2 Å². The molecule has 2 N–H and O–H groups in total. The zero-order chi connectivity index (χ0) is 23.3. The van der Waals surface area contributed by atoms with Crippen LogP contribution in [0.5, 0.6) is 0 Å². The molecule has 3 aromatic carbocycles. The molecular weight excluding hydrogens is 428 g/mol. The Kier molecular flexibility index (Phi) is 6.95. The smallest absolute Gasteiger partial charge is 0.338 e. The largest absolute Gasteiger partial charge is 0.462 e. The Hall–Kier alpha value is -3.65. The molecule has 0 aliphatic rings. The first-order valence-corrected chi connectivity index (χ1v) is 11.5. The van der Waals surface area contributed by atoms with Crippen LogP contribution in [-0.2, 0) is 14.8 Å². The van der Waals surface area contributed by atoms with E-state index in [0.717, 1.165) is 5.56 Å². The number of amides is 1. The van der Waals surface area contributed by atoms with Gasteiger partial charge in [-0.05, 0) is 68.8 Å². The fourth-order valence-electron chi connectivity index (χ4n) is 3.05. The summed E-state index contributed by atoms with van der Waals surface area (Å²) < 4.78 is 32.8. The van der Waals surface area contributed by atoms with Crippen molar-refractivity contribution in [3.05, 3.63) is 89.0 Å². The topological polar surface area (TPSA) is 102 Å². The van der Waals surface area contributed by atoms with E-state index < -0.39 is 21.9 Å². The molecule has 0 heterocycles. The van der Waals surface area contributed by atoms with Crippen molar-refractivity contribution in [3.63, 3.8) is 0 Å². The van der Waals surface area contributed by atoms with Crippen LogP contribution < -0.4 is 10.0 Å². The van der Waals surface area contributed by atoms with Gasteiger partial charge in [0.1, 0.15) is 0 Å². The van der Waals surface area contributed by atoms with E-state index in [9.17, 15) is 18.0 Å². The van der Waals surface area contributed by atoms with Gasteiger partial charge in [-0.1, -0.05) is 29.8 Å². The molecule has 32 heavy (non-hydrogen) atoms. The van der Waals surface area contributed by atoms with E-state index in [4.69, 9.17) is 4.74 Å². The lowest BCUT2D eigenvalue weighted by Crippen LogP contribution is -2.16. The Labute approximate surface area is 187 Å². The van der Waals surface area contributed by atoms with E-state index in [1.54, 1.807) is 62.4 Å². The lowest BCUT2D eigenvalue weighted by molar-refractivity contribution is 0.0525. The van der Waals surface area contributed by atoms with Crippen molar-refractivity contribution >= 4 is 33.3 Å². The van der Waals surface area contributed by atoms with Crippen molar-refractivity contribution in [2.24, 2.45) is 0 Å². The molecule has 0 bridgehead atoms. The fourth-order valence-corrected chi connectivity index (χ4v) is 4.10. The van der Waals surface area contributed by atoms with Gasteiger partial charge in [-0.15, -0.1) is 0 Å². The minimum atomic E-state index is -3.79. The normalized spacial score (nSPS) is 11.0.